The van der Waals surface area contributed by atoms with Gasteiger partial charge >= 0.3 is 0 Å². The molecule has 114 valence electrons. The lowest BCUT2D eigenvalue weighted by atomic mass is 9.88. The van der Waals surface area contributed by atoms with E-state index in [-0.39, 0.29) is 5.60 Å². The van der Waals surface area contributed by atoms with Gasteiger partial charge in [-0.2, -0.15) is 0 Å². The van der Waals surface area contributed by atoms with Gasteiger partial charge in [0.15, 0.2) is 0 Å². The van der Waals surface area contributed by atoms with Crippen LogP contribution in [-0.4, -0.2) is 52.8 Å². The molecular formula is C16H24N4O. The largest absolute Gasteiger partial charge is 0.371 e. The van der Waals surface area contributed by atoms with Gasteiger partial charge in [-0.3, -0.25) is 0 Å². The van der Waals surface area contributed by atoms with E-state index >= 15 is 0 Å². The molecule has 3 heterocycles. The van der Waals surface area contributed by atoms with E-state index in [1.54, 1.807) is 12.4 Å². The molecule has 5 nitrogen and oxygen atoms in total. The number of nitrogens with zero attached hydrogens (tertiary/aromatic N) is 3. The predicted molar refractivity (Wildman–Crippen MR) is 81.1 cm³/mol. The molecule has 2 atom stereocenters. The van der Waals surface area contributed by atoms with E-state index in [1.165, 1.54) is 38.8 Å². The van der Waals surface area contributed by atoms with Gasteiger partial charge in [0.05, 0.1) is 18.2 Å². The number of hydrogen-bond donors (Lipinski definition) is 1. The zero-order valence-corrected chi connectivity index (χ0v) is 12.5. The monoisotopic (exact) mass is 288 g/mol. The second-order valence-electron chi connectivity index (χ2n) is 6.89. The van der Waals surface area contributed by atoms with Crippen molar-refractivity contribution < 1.29 is 4.74 Å². The van der Waals surface area contributed by atoms with Crippen LogP contribution in [0.1, 0.15) is 32.1 Å². The second-order valence-corrected chi connectivity index (χ2v) is 6.89. The summed E-state index contributed by atoms with van der Waals surface area (Å²) in [5.41, 5.74) is 0.0690. The number of aromatic nitrogens is 2. The molecule has 2 aliphatic heterocycles. The molecule has 2 saturated heterocycles. The van der Waals surface area contributed by atoms with Gasteiger partial charge < -0.3 is 15.0 Å². The zero-order valence-electron chi connectivity index (χ0n) is 12.5. The Labute approximate surface area is 126 Å². The quantitative estimate of drug-likeness (QED) is 0.917. The first kappa shape index (κ1) is 13.5. The molecule has 3 fully saturated rings. The Morgan fingerprint density at radius 1 is 1.33 bits per heavy atom. The molecule has 21 heavy (non-hydrogen) atoms. The minimum absolute atomic E-state index is 0.0690. The molecule has 1 N–H and O–H groups in total. The summed E-state index contributed by atoms with van der Waals surface area (Å²) in [4.78, 5) is 11.1. The molecule has 3 aliphatic rings. The highest BCUT2D eigenvalue weighted by molar-refractivity contribution is 5.25. The summed E-state index contributed by atoms with van der Waals surface area (Å²) in [5.74, 6) is 1.68. The summed E-state index contributed by atoms with van der Waals surface area (Å²) in [6, 6.07) is 2.18. The molecule has 1 spiro atoms. The third-order valence-electron chi connectivity index (χ3n) is 4.94. The van der Waals surface area contributed by atoms with Crippen LogP contribution in [0.4, 0.5) is 5.95 Å². The van der Waals surface area contributed by atoms with Crippen molar-refractivity contribution in [3.8, 4) is 0 Å². The Balaban J connectivity index is 1.35. The Kier molecular flexibility index (Phi) is 3.55. The van der Waals surface area contributed by atoms with E-state index in [2.05, 4.69) is 20.2 Å². The van der Waals surface area contributed by atoms with Crippen LogP contribution in [0.15, 0.2) is 18.5 Å². The van der Waals surface area contributed by atoms with Crippen molar-refractivity contribution in [2.45, 2.75) is 43.7 Å². The summed E-state index contributed by atoms with van der Waals surface area (Å²) >= 11 is 0. The van der Waals surface area contributed by atoms with Crippen molar-refractivity contribution in [1.82, 2.24) is 14.9 Å². The van der Waals surface area contributed by atoms with Crippen LogP contribution >= 0.6 is 0 Å². The molecule has 0 amide bonds. The maximum absolute atomic E-state index is 6.24. The maximum Gasteiger partial charge on any atom is 0.222 e. The summed E-state index contributed by atoms with van der Waals surface area (Å²) in [7, 11) is 0. The zero-order chi connectivity index (χ0) is 14.1. The minimum Gasteiger partial charge on any atom is -0.371 e. The van der Waals surface area contributed by atoms with E-state index < -0.39 is 0 Å². The minimum atomic E-state index is 0.0690. The van der Waals surface area contributed by atoms with Crippen molar-refractivity contribution in [3.63, 3.8) is 0 Å². The fourth-order valence-electron chi connectivity index (χ4n) is 3.79. The molecule has 4 rings (SSSR count). The second kappa shape index (κ2) is 5.54. The summed E-state index contributed by atoms with van der Waals surface area (Å²) in [5, 5.41) is 3.41. The number of hydrogen-bond acceptors (Lipinski definition) is 5. The molecule has 1 aliphatic carbocycles. The van der Waals surface area contributed by atoms with Crippen LogP contribution in [0.2, 0.25) is 0 Å². The van der Waals surface area contributed by atoms with Gasteiger partial charge in [0.25, 0.3) is 0 Å². The van der Waals surface area contributed by atoms with Crippen molar-refractivity contribution in [2.75, 3.05) is 31.6 Å². The molecule has 0 aromatic carbocycles. The molecule has 5 heteroatoms. The topological polar surface area (TPSA) is 50.3 Å². The Bertz CT molecular complexity index is 478. The molecular weight excluding hydrogens is 264 g/mol. The first-order valence-electron chi connectivity index (χ1n) is 8.21. The first-order valence-corrected chi connectivity index (χ1v) is 8.21. The molecule has 0 unspecified atom stereocenters. The predicted octanol–water partition coefficient (Wildman–Crippen LogP) is 1.92. The Morgan fingerprint density at radius 3 is 3.00 bits per heavy atom. The average molecular weight is 288 g/mol. The fourth-order valence-corrected chi connectivity index (χ4v) is 3.79. The van der Waals surface area contributed by atoms with E-state index in [9.17, 15) is 0 Å². The standard InChI is InChI=1S/C16H24N4O/c1-5-16(12-20(8-1)10-13-3-4-13)9-14(11-21-16)19-15-17-6-2-7-18-15/h2,6-7,13-14H,1,3-5,8-12H2,(H,17,18,19)/t14-,16+/m1/s1. The maximum atomic E-state index is 6.24. The molecule has 0 bridgehead atoms. The van der Waals surface area contributed by atoms with Crippen LogP contribution < -0.4 is 5.32 Å². The van der Waals surface area contributed by atoms with Gasteiger partial charge in [0, 0.05) is 31.9 Å². The third-order valence-corrected chi connectivity index (χ3v) is 4.94. The smallest absolute Gasteiger partial charge is 0.222 e. The molecule has 0 radical (unpaired) electrons. The Hall–Kier alpha value is -1.20. The summed E-state index contributed by atoms with van der Waals surface area (Å²) < 4.78 is 6.24. The number of ether oxygens (including phenoxy) is 1. The highest BCUT2D eigenvalue weighted by Crippen LogP contribution is 2.37. The average Bonchev–Trinajstić information content (AvgIpc) is 3.23. The van der Waals surface area contributed by atoms with Gasteiger partial charge in [-0.25, -0.2) is 9.97 Å². The summed E-state index contributed by atoms with van der Waals surface area (Å²) in [6.45, 7) is 4.42. The first-order chi connectivity index (χ1) is 10.3. The fraction of sp³-hybridized carbons (Fsp3) is 0.750. The molecule has 1 saturated carbocycles. The van der Waals surface area contributed by atoms with Gasteiger partial charge in [-0.05, 0) is 44.2 Å². The SMILES string of the molecule is c1cnc(N[C@H]2CO[C@@]3(CCCN(CC4CC4)C3)C2)nc1. The lowest BCUT2D eigenvalue weighted by Crippen LogP contribution is -2.48. The number of piperidine rings is 1. The van der Waals surface area contributed by atoms with Crippen molar-refractivity contribution >= 4 is 5.95 Å². The van der Waals surface area contributed by atoms with Gasteiger partial charge in [-0.1, -0.05) is 0 Å². The van der Waals surface area contributed by atoms with Gasteiger partial charge in [0.2, 0.25) is 5.95 Å². The molecule has 1 aromatic heterocycles. The van der Waals surface area contributed by atoms with Crippen LogP contribution in [0, 0.1) is 5.92 Å². The van der Waals surface area contributed by atoms with Gasteiger partial charge in [-0.15, -0.1) is 0 Å². The van der Waals surface area contributed by atoms with Crippen molar-refractivity contribution in [1.29, 1.82) is 0 Å². The van der Waals surface area contributed by atoms with E-state index in [0.717, 1.165) is 25.5 Å². The van der Waals surface area contributed by atoms with Crippen LogP contribution in [0.5, 0.6) is 0 Å². The van der Waals surface area contributed by atoms with E-state index in [4.69, 9.17) is 4.74 Å². The van der Waals surface area contributed by atoms with Crippen LogP contribution in [-0.2, 0) is 4.74 Å². The number of nitrogens with one attached hydrogen (secondary N) is 1. The van der Waals surface area contributed by atoms with E-state index in [0.29, 0.717) is 12.0 Å². The van der Waals surface area contributed by atoms with Crippen LogP contribution in [0.3, 0.4) is 0 Å². The third kappa shape index (κ3) is 3.19. The lowest BCUT2D eigenvalue weighted by molar-refractivity contribution is -0.0521. The number of rotatable bonds is 4. The number of anilines is 1. The number of likely N-dealkylation sites (tertiary alicyclic amines) is 1. The van der Waals surface area contributed by atoms with Crippen molar-refractivity contribution in [2.24, 2.45) is 5.92 Å². The summed E-state index contributed by atoms with van der Waals surface area (Å²) in [6.07, 6.45) is 9.95. The normalized spacial score (nSPS) is 33.4. The van der Waals surface area contributed by atoms with E-state index in [1.807, 2.05) is 6.07 Å². The lowest BCUT2D eigenvalue weighted by Gasteiger charge is -2.39. The van der Waals surface area contributed by atoms with Crippen molar-refractivity contribution in [3.05, 3.63) is 18.5 Å². The van der Waals surface area contributed by atoms with Gasteiger partial charge in [0.1, 0.15) is 0 Å². The highest BCUT2D eigenvalue weighted by atomic mass is 16.5. The Morgan fingerprint density at radius 2 is 2.19 bits per heavy atom. The van der Waals surface area contributed by atoms with Crippen LogP contribution in [0.25, 0.3) is 0 Å². The molecule has 1 aromatic rings. The highest BCUT2D eigenvalue weighted by Gasteiger charge is 2.44.